The predicted octanol–water partition coefficient (Wildman–Crippen LogP) is 1.93. The van der Waals surface area contributed by atoms with Crippen LogP contribution in [0, 0.1) is 6.92 Å². The molecule has 0 unspecified atom stereocenters. The number of rotatable bonds is 8. The Morgan fingerprint density at radius 2 is 1.83 bits per heavy atom. The quantitative estimate of drug-likeness (QED) is 0.708. The van der Waals surface area contributed by atoms with Crippen LogP contribution in [0.5, 0.6) is 5.75 Å². The van der Waals surface area contributed by atoms with Crippen LogP contribution in [0.4, 0.5) is 4.79 Å². The first kappa shape index (κ1) is 19.5. The van der Waals surface area contributed by atoms with Crippen LogP contribution in [0.3, 0.4) is 0 Å². The minimum absolute atomic E-state index is 0.0141. The number of amides is 3. The number of carbonyl (C=O) groups is 3. The van der Waals surface area contributed by atoms with Crippen molar-refractivity contribution >= 4 is 17.9 Å². The van der Waals surface area contributed by atoms with Gasteiger partial charge < -0.3 is 14.8 Å². The van der Waals surface area contributed by atoms with Crippen molar-refractivity contribution in [1.29, 1.82) is 0 Å². The van der Waals surface area contributed by atoms with Crippen molar-refractivity contribution in [2.24, 2.45) is 0 Å². The van der Waals surface area contributed by atoms with Gasteiger partial charge in [0.05, 0.1) is 13.0 Å². The maximum Gasteiger partial charge on any atom is 0.321 e. The van der Waals surface area contributed by atoms with E-state index in [1.807, 2.05) is 45.0 Å². The van der Waals surface area contributed by atoms with Gasteiger partial charge in [0.1, 0.15) is 5.75 Å². The molecule has 132 valence electrons. The van der Waals surface area contributed by atoms with Crippen molar-refractivity contribution < 1.29 is 23.9 Å². The molecule has 0 fully saturated rings. The number of imide groups is 1. The molecule has 3 amide bonds. The molecule has 0 spiro atoms. The van der Waals surface area contributed by atoms with Crippen LogP contribution in [-0.2, 0) is 14.3 Å². The molecule has 0 aromatic heterocycles. The smallest absolute Gasteiger partial charge is 0.321 e. The molecule has 0 radical (unpaired) electrons. The normalized spacial score (nSPS) is 11.3. The van der Waals surface area contributed by atoms with Crippen molar-refractivity contribution in [3.63, 3.8) is 0 Å². The molecular weight excluding hydrogens is 312 g/mol. The fourth-order valence-electron chi connectivity index (χ4n) is 1.63. The summed E-state index contributed by atoms with van der Waals surface area (Å²) in [6.07, 6.45) is 0.762. The molecule has 1 rings (SSSR count). The van der Waals surface area contributed by atoms with E-state index in [4.69, 9.17) is 9.47 Å². The van der Waals surface area contributed by atoms with E-state index in [1.54, 1.807) is 0 Å². The van der Waals surface area contributed by atoms with Crippen molar-refractivity contribution in [2.45, 2.75) is 39.7 Å². The second-order valence-electron chi connectivity index (χ2n) is 5.40. The molecule has 0 aliphatic carbocycles. The Morgan fingerprint density at radius 3 is 2.46 bits per heavy atom. The van der Waals surface area contributed by atoms with Crippen LogP contribution >= 0.6 is 0 Å². The number of hydrogen-bond acceptors (Lipinski definition) is 5. The molecule has 1 atom stereocenters. The van der Waals surface area contributed by atoms with Crippen LogP contribution in [0.15, 0.2) is 24.3 Å². The molecule has 0 saturated carbocycles. The van der Waals surface area contributed by atoms with Crippen molar-refractivity contribution in [3.8, 4) is 5.75 Å². The van der Waals surface area contributed by atoms with Gasteiger partial charge in [0, 0.05) is 6.04 Å². The summed E-state index contributed by atoms with van der Waals surface area (Å²) in [5.41, 5.74) is 1.12. The standard InChI is InChI=1S/C17H24N2O5/c1-4-13(3)18-17(22)19-15(20)11-24-16(21)9-10-23-14-7-5-12(2)6-8-14/h5-8,13H,4,9-11H2,1-3H3,(H2,18,19,20,22)/t13-/m1/s1. The van der Waals surface area contributed by atoms with E-state index in [2.05, 4.69) is 10.6 Å². The van der Waals surface area contributed by atoms with Crippen LogP contribution in [0.1, 0.15) is 32.3 Å². The molecule has 24 heavy (non-hydrogen) atoms. The highest BCUT2D eigenvalue weighted by Gasteiger charge is 2.12. The number of urea groups is 1. The molecule has 0 bridgehead atoms. The maximum atomic E-state index is 11.5. The first-order valence-corrected chi connectivity index (χ1v) is 7.86. The van der Waals surface area contributed by atoms with Crippen molar-refractivity contribution in [1.82, 2.24) is 10.6 Å². The number of carbonyl (C=O) groups excluding carboxylic acids is 3. The number of ether oxygens (including phenoxy) is 2. The third-order valence-corrected chi connectivity index (χ3v) is 3.20. The predicted molar refractivity (Wildman–Crippen MR) is 88.7 cm³/mol. The zero-order valence-corrected chi connectivity index (χ0v) is 14.3. The van der Waals surface area contributed by atoms with Gasteiger partial charge in [-0.1, -0.05) is 24.6 Å². The average Bonchev–Trinajstić information content (AvgIpc) is 2.54. The molecule has 7 heteroatoms. The first-order valence-electron chi connectivity index (χ1n) is 7.86. The monoisotopic (exact) mass is 336 g/mol. The molecule has 1 aromatic rings. The Hall–Kier alpha value is -2.57. The number of hydrogen-bond donors (Lipinski definition) is 2. The highest BCUT2D eigenvalue weighted by Crippen LogP contribution is 2.11. The van der Waals surface area contributed by atoms with Gasteiger partial charge in [-0.2, -0.15) is 0 Å². The highest BCUT2D eigenvalue weighted by atomic mass is 16.5. The minimum atomic E-state index is -0.677. The van der Waals surface area contributed by atoms with Gasteiger partial charge in [-0.3, -0.25) is 14.9 Å². The van der Waals surface area contributed by atoms with Gasteiger partial charge in [0.2, 0.25) is 0 Å². The molecule has 0 aliphatic heterocycles. The van der Waals surface area contributed by atoms with Gasteiger partial charge in [0.15, 0.2) is 6.61 Å². The highest BCUT2D eigenvalue weighted by molar-refractivity contribution is 5.95. The molecular formula is C17H24N2O5. The number of nitrogens with one attached hydrogen (secondary N) is 2. The molecule has 2 N–H and O–H groups in total. The average molecular weight is 336 g/mol. The third-order valence-electron chi connectivity index (χ3n) is 3.20. The van der Waals surface area contributed by atoms with E-state index in [1.165, 1.54) is 0 Å². The summed E-state index contributed by atoms with van der Waals surface area (Å²) in [5.74, 6) is -0.587. The summed E-state index contributed by atoms with van der Waals surface area (Å²) in [6, 6.07) is 6.78. The number of benzene rings is 1. The van der Waals surface area contributed by atoms with E-state index in [-0.39, 0.29) is 19.1 Å². The van der Waals surface area contributed by atoms with Gasteiger partial charge in [-0.05, 0) is 32.4 Å². The summed E-state index contributed by atoms with van der Waals surface area (Å²) in [7, 11) is 0. The van der Waals surface area contributed by atoms with Crippen molar-refractivity contribution in [3.05, 3.63) is 29.8 Å². The Labute approximate surface area is 141 Å². The Balaban J connectivity index is 2.17. The van der Waals surface area contributed by atoms with Gasteiger partial charge >= 0.3 is 12.0 Å². The summed E-state index contributed by atoms with van der Waals surface area (Å²) < 4.78 is 10.2. The molecule has 1 aromatic carbocycles. The minimum Gasteiger partial charge on any atom is -0.493 e. The lowest BCUT2D eigenvalue weighted by atomic mass is 10.2. The number of esters is 1. The zero-order chi connectivity index (χ0) is 17.9. The molecule has 7 nitrogen and oxygen atoms in total. The lowest BCUT2D eigenvalue weighted by molar-refractivity contribution is -0.148. The fraction of sp³-hybridized carbons (Fsp3) is 0.471. The summed E-state index contributed by atoms with van der Waals surface area (Å²) in [6.45, 7) is 5.34. The molecule has 0 heterocycles. The lowest BCUT2D eigenvalue weighted by Crippen LogP contribution is -2.44. The fourth-order valence-corrected chi connectivity index (χ4v) is 1.63. The second-order valence-corrected chi connectivity index (χ2v) is 5.40. The van der Waals surface area contributed by atoms with Crippen LogP contribution in [-0.4, -0.2) is 37.2 Å². The Morgan fingerprint density at radius 1 is 1.17 bits per heavy atom. The summed E-state index contributed by atoms with van der Waals surface area (Å²) in [4.78, 5) is 34.4. The molecule has 0 aliphatic rings. The van der Waals surface area contributed by atoms with Crippen LogP contribution < -0.4 is 15.4 Å². The summed E-state index contributed by atoms with van der Waals surface area (Å²) in [5, 5.41) is 4.66. The maximum absolute atomic E-state index is 11.5. The second kappa shape index (κ2) is 10.3. The van der Waals surface area contributed by atoms with Crippen LogP contribution in [0.2, 0.25) is 0 Å². The third kappa shape index (κ3) is 8.17. The lowest BCUT2D eigenvalue weighted by Gasteiger charge is -2.11. The molecule has 0 saturated heterocycles. The Kier molecular flexibility index (Phi) is 8.32. The van der Waals surface area contributed by atoms with E-state index < -0.39 is 24.5 Å². The van der Waals surface area contributed by atoms with Crippen molar-refractivity contribution in [2.75, 3.05) is 13.2 Å². The van der Waals surface area contributed by atoms with E-state index in [0.29, 0.717) is 5.75 Å². The Bertz CT molecular complexity index is 557. The zero-order valence-electron chi connectivity index (χ0n) is 14.3. The van der Waals surface area contributed by atoms with Crippen LogP contribution in [0.25, 0.3) is 0 Å². The van der Waals surface area contributed by atoms with E-state index in [9.17, 15) is 14.4 Å². The van der Waals surface area contributed by atoms with E-state index >= 15 is 0 Å². The number of aryl methyl sites for hydroxylation is 1. The topological polar surface area (TPSA) is 93.7 Å². The SMILES string of the molecule is CC[C@@H](C)NC(=O)NC(=O)COC(=O)CCOc1ccc(C)cc1. The van der Waals surface area contributed by atoms with Gasteiger partial charge in [0.25, 0.3) is 5.91 Å². The summed E-state index contributed by atoms with van der Waals surface area (Å²) >= 11 is 0. The largest absolute Gasteiger partial charge is 0.493 e. The van der Waals surface area contributed by atoms with E-state index in [0.717, 1.165) is 12.0 Å². The van der Waals surface area contributed by atoms with Gasteiger partial charge in [-0.25, -0.2) is 4.79 Å². The first-order chi connectivity index (χ1) is 11.4. The van der Waals surface area contributed by atoms with Gasteiger partial charge in [-0.15, -0.1) is 0 Å².